The Kier molecular flexibility index (Phi) is 6.81. The van der Waals surface area contributed by atoms with Crippen LogP contribution in [0.4, 0.5) is 24.5 Å². The van der Waals surface area contributed by atoms with E-state index in [2.05, 4.69) is 10.6 Å². The summed E-state index contributed by atoms with van der Waals surface area (Å²) in [5, 5.41) is 6.41. The van der Waals surface area contributed by atoms with Gasteiger partial charge in [0.15, 0.2) is 0 Å². The van der Waals surface area contributed by atoms with E-state index in [9.17, 15) is 18.0 Å². The smallest absolute Gasteiger partial charge is 0.418 e. The maximum absolute atomic E-state index is 13.3. The monoisotopic (exact) mass is 467 g/mol. The molecule has 2 fully saturated rings. The van der Waals surface area contributed by atoms with E-state index in [4.69, 9.17) is 16.3 Å². The van der Waals surface area contributed by atoms with Gasteiger partial charge in [-0.05, 0) is 49.7 Å². The molecule has 5 nitrogen and oxygen atoms in total. The molecule has 0 aliphatic carbocycles. The Hall–Kier alpha value is -2.45. The summed E-state index contributed by atoms with van der Waals surface area (Å²) in [7, 11) is 0. The molecular formula is C23H25ClF3N3O2. The molecule has 2 N–H and O–H groups in total. The van der Waals surface area contributed by atoms with Crippen LogP contribution in [-0.4, -0.2) is 37.7 Å². The van der Waals surface area contributed by atoms with E-state index in [0.29, 0.717) is 36.0 Å². The number of benzene rings is 2. The molecule has 2 aliphatic heterocycles. The maximum Gasteiger partial charge on any atom is 0.418 e. The molecule has 0 radical (unpaired) electrons. The van der Waals surface area contributed by atoms with Crippen molar-refractivity contribution in [3.05, 3.63) is 53.1 Å². The first-order valence-electron chi connectivity index (χ1n) is 10.7. The molecule has 0 aromatic heterocycles. The Morgan fingerprint density at radius 2 is 1.97 bits per heavy atom. The van der Waals surface area contributed by atoms with Crippen LogP contribution in [0.1, 0.15) is 31.2 Å². The maximum atomic E-state index is 13.3. The number of hydrogen-bond donors (Lipinski definition) is 2. The van der Waals surface area contributed by atoms with Gasteiger partial charge >= 0.3 is 6.18 Å². The molecule has 0 saturated carbocycles. The summed E-state index contributed by atoms with van der Waals surface area (Å²) in [5.41, 5.74) is 0.0877. The van der Waals surface area contributed by atoms with Crippen LogP contribution in [0.5, 0.6) is 5.75 Å². The van der Waals surface area contributed by atoms with E-state index in [1.54, 1.807) is 29.2 Å². The van der Waals surface area contributed by atoms with Gasteiger partial charge in [0.2, 0.25) is 5.91 Å². The van der Waals surface area contributed by atoms with Crippen molar-refractivity contribution in [1.29, 1.82) is 0 Å². The van der Waals surface area contributed by atoms with Crippen molar-refractivity contribution in [3.63, 3.8) is 0 Å². The minimum atomic E-state index is -4.41. The highest BCUT2D eigenvalue weighted by Gasteiger charge is 2.36. The fraction of sp³-hybridized carbons (Fsp3) is 0.435. The SMILES string of the molecule is O=C(Nc1ccc(O[C@H]2CCN(c3ccccc3C(F)(F)F)C2)c(Cl)c1)[C@H]1CCCCN1. The van der Waals surface area contributed by atoms with Crippen molar-refractivity contribution in [2.45, 2.75) is 44.0 Å². The minimum absolute atomic E-state index is 0.0933. The number of rotatable bonds is 5. The van der Waals surface area contributed by atoms with Crippen LogP contribution >= 0.6 is 11.6 Å². The van der Waals surface area contributed by atoms with Crippen LogP contribution in [0.2, 0.25) is 5.02 Å². The number of hydrogen-bond acceptors (Lipinski definition) is 4. The number of para-hydroxylation sites is 1. The first-order valence-corrected chi connectivity index (χ1v) is 11.1. The first kappa shape index (κ1) is 22.7. The standard InChI is InChI=1S/C23H25ClF3N3O2/c24-18-13-15(29-22(31)19-6-3-4-11-28-19)8-9-21(18)32-16-10-12-30(14-16)20-7-2-1-5-17(20)23(25,26)27/h1-2,5,7-9,13,16,19,28H,3-4,6,10-12,14H2,(H,29,31)/t16-,19+/m0/s1. The van der Waals surface area contributed by atoms with E-state index in [-0.39, 0.29) is 23.7 Å². The predicted octanol–water partition coefficient (Wildman–Crippen LogP) is 5.10. The van der Waals surface area contributed by atoms with E-state index in [1.807, 2.05) is 0 Å². The number of carbonyl (C=O) groups excluding carboxylic acids is 1. The van der Waals surface area contributed by atoms with E-state index < -0.39 is 11.7 Å². The Bertz CT molecular complexity index is 964. The number of ether oxygens (including phenoxy) is 1. The molecule has 9 heteroatoms. The number of anilines is 2. The molecule has 172 valence electrons. The minimum Gasteiger partial charge on any atom is -0.487 e. The summed E-state index contributed by atoms with van der Waals surface area (Å²) in [4.78, 5) is 14.1. The van der Waals surface area contributed by atoms with Gasteiger partial charge in [-0.3, -0.25) is 4.79 Å². The van der Waals surface area contributed by atoms with E-state index in [0.717, 1.165) is 31.9 Å². The summed E-state index contributed by atoms with van der Waals surface area (Å²) >= 11 is 6.36. The number of alkyl halides is 3. The summed E-state index contributed by atoms with van der Waals surface area (Å²) in [6.07, 6.45) is -1.23. The number of amides is 1. The highest BCUT2D eigenvalue weighted by molar-refractivity contribution is 6.32. The molecule has 2 aromatic rings. The Morgan fingerprint density at radius 1 is 1.16 bits per heavy atom. The molecule has 0 spiro atoms. The number of piperidine rings is 1. The summed E-state index contributed by atoms with van der Waals surface area (Å²) in [5.74, 6) is 0.348. The van der Waals surface area contributed by atoms with Gasteiger partial charge in [0.1, 0.15) is 11.9 Å². The zero-order chi connectivity index (χ0) is 22.7. The lowest BCUT2D eigenvalue weighted by atomic mass is 10.0. The summed E-state index contributed by atoms with van der Waals surface area (Å²) in [6.45, 7) is 1.62. The molecule has 32 heavy (non-hydrogen) atoms. The van der Waals surface area contributed by atoms with Gasteiger partial charge in [0.25, 0.3) is 0 Å². The van der Waals surface area contributed by atoms with Crippen molar-refractivity contribution in [3.8, 4) is 5.75 Å². The molecule has 2 aromatic carbocycles. The first-order chi connectivity index (χ1) is 15.3. The third kappa shape index (κ3) is 5.30. The zero-order valence-corrected chi connectivity index (χ0v) is 18.2. The van der Waals surface area contributed by atoms with Crippen LogP contribution in [-0.2, 0) is 11.0 Å². The summed E-state index contributed by atoms with van der Waals surface area (Å²) < 4.78 is 46.0. The van der Waals surface area contributed by atoms with Crippen molar-refractivity contribution in [2.75, 3.05) is 29.9 Å². The van der Waals surface area contributed by atoms with Crippen LogP contribution in [0.25, 0.3) is 0 Å². The van der Waals surface area contributed by atoms with Gasteiger partial charge in [0.05, 0.1) is 23.2 Å². The zero-order valence-electron chi connectivity index (χ0n) is 17.4. The number of carbonyl (C=O) groups is 1. The van der Waals surface area contributed by atoms with Crippen LogP contribution < -0.4 is 20.3 Å². The largest absolute Gasteiger partial charge is 0.487 e. The van der Waals surface area contributed by atoms with Crippen LogP contribution in [0.15, 0.2) is 42.5 Å². The van der Waals surface area contributed by atoms with Crippen LogP contribution in [0, 0.1) is 0 Å². The summed E-state index contributed by atoms with van der Waals surface area (Å²) in [6, 6.07) is 10.4. The Labute approximate surface area is 189 Å². The van der Waals surface area contributed by atoms with Gasteiger partial charge in [0, 0.05) is 24.3 Å². The molecule has 1 amide bonds. The van der Waals surface area contributed by atoms with Gasteiger partial charge < -0.3 is 20.3 Å². The molecule has 4 rings (SSSR count). The highest BCUT2D eigenvalue weighted by Crippen LogP contribution is 2.38. The Morgan fingerprint density at radius 3 is 2.69 bits per heavy atom. The third-order valence-electron chi connectivity index (χ3n) is 5.82. The third-order valence-corrected chi connectivity index (χ3v) is 6.11. The van der Waals surface area contributed by atoms with Gasteiger partial charge in [-0.1, -0.05) is 30.2 Å². The predicted molar refractivity (Wildman–Crippen MR) is 118 cm³/mol. The van der Waals surface area contributed by atoms with Crippen molar-refractivity contribution < 1.29 is 22.7 Å². The second-order valence-electron chi connectivity index (χ2n) is 8.13. The number of nitrogens with one attached hydrogen (secondary N) is 2. The van der Waals surface area contributed by atoms with E-state index in [1.165, 1.54) is 12.1 Å². The van der Waals surface area contributed by atoms with Crippen molar-refractivity contribution in [1.82, 2.24) is 5.32 Å². The average Bonchev–Trinajstić information content (AvgIpc) is 3.24. The highest BCUT2D eigenvalue weighted by atomic mass is 35.5. The average molecular weight is 468 g/mol. The molecule has 2 aliphatic rings. The van der Waals surface area contributed by atoms with Crippen molar-refractivity contribution >= 4 is 28.9 Å². The second kappa shape index (κ2) is 9.58. The fourth-order valence-corrected chi connectivity index (χ4v) is 4.42. The Balaban J connectivity index is 1.38. The lowest BCUT2D eigenvalue weighted by Gasteiger charge is -2.23. The number of halogens is 4. The molecule has 2 heterocycles. The normalized spacial score (nSPS) is 21.4. The van der Waals surface area contributed by atoms with Gasteiger partial charge in [-0.25, -0.2) is 0 Å². The molecule has 2 atom stereocenters. The van der Waals surface area contributed by atoms with E-state index >= 15 is 0 Å². The molecule has 0 bridgehead atoms. The topological polar surface area (TPSA) is 53.6 Å². The van der Waals surface area contributed by atoms with Crippen molar-refractivity contribution in [2.24, 2.45) is 0 Å². The lowest BCUT2D eigenvalue weighted by Crippen LogP contribution is -2.43. The van der Waals surface area contributed by atoms with Crippen LogP contribution in [0.3, 0.4) is 0 Å². The quantitative estimate of drug-likeness (QED) is 0.642. The van der Waals surface area contributed by atoms with Gasteiger partial charge in [-0.2, -0.15) is 13.2 Å². The second-order valence-corrected chi connectivity index (χ2v) is 8.53. The lowest BCUT2D eigenvalue weighted by molar-refractivity contribution is -0.137. The molecule has 0 unspecified atom stereocenters. The molecular weight excluding hydrogens is 443 g/mol. The number of nitrogens with zero attached hydrogens (tertiary/aromatic N) is 1. The fourth-order valence-electron chi connectivity index (χ4n) is 4.19. The molecule has 2 saturated heterocycles. The van der Waals surface area contributed by atoms with Gasteiger partial charge in [-0.15, -0.1) is 0 Å².